The second-order valence-electron chi connectivity index (χ2n) is 4.20. The van der Waals surface area contributed by atoms with Gasteiger partial charge < -0.3 is 19.9 Å². The van der Waals surface area contributed by atoms with Crippen LogP contribution in [0.1, 0.15) is 11.3 Å². The lowest BCUT2D eigenvalue weighted by molar-refractivity contribution is 0.324. The molecule has 0 fully saturated rings. The molecule has 0 aliphatic rings. The van der Waals surface area contributed by atoms with Gasteiger partial charge in [0.15, 0.2) is 11.5 Å². The van der Waals surface area contributed by atoms with E-state index in [2.05, 4.69) is 15.2 Å². The zero-order chi connectivity index (χ0) is 15.4. The van der Waals surface area contributed by atoms with Crippen LogP contribution in [0, 0.1) is 0 Å². The van der Waals surface area contributed by atoms with Gasteiger partial charge in [0, 0.05) is 6.42 Å². The van der Waals surface area contributed by atoms with Crippen molar-refractivity contribution < 1.29 is 14.2 Å². The van der Waals surface area contributed by atoms with Gasteiger partial charge >= 0.3 is 0 Å². The second kappa shape index (κ2) is 6.12. The number of ether oxygens (including phenoxy) is 3. The molecule has 0 radical (unpaired) electrons. The lowest BCUT2D eigenvalue weighted by Gasteiger charge is -2.13. The van der Waals surface area contributed by atoms with E-state index in [1.54, 1.807) is 12.1 Å². The fourth-order valence-corrected chi connectivity index (χ4v) is 1.92. The summed E-state index contributed by atoms with van der Waals surface area (Å²) in [7, 11) is 4.57. The standard InChI is InChI=1S/C13H16N4O4/c1-19-9-5-7(6-10(20-2)11(9)21-3)4-8-12(18)15-13(14)17-16-8/h5-6H,4H2,1-3H3,(H3,14,15,17,18). The van der Waals surface area contributed by atoms with Crippen LogP contribution in [0.3, 0.4) is 0 Å². The van der Waals surface area contributed by atoms with E-state index in [0.29, 0.717) is 17.2 Å². The van der Waals surface area contributed by atoms with Crippen LogP contribution in [0.2, 0.25) is 0 Å². The van der Waals surface area contributed by atoms with E-state index in [1.807, 2.05) is 0 Å². The number of methoxy groups -OCH3 is 3. The van der Waals surface area contributed by atoms with Gasteiger partial charge in [0.05, 0.1) is 21.3 Å². The number of benzene rings is 1. The van der Waals surface area contributed by atoms with Gasteiger partial charge in [-0.3, -0.25) is 9.78 Å². The molecule has 21 heavy (non-hydrogen) atoms. The topological polar surface area (TPSA) is 112 Å². The van der Waals surface area contributed by atoms with E-state index in [4.69, 9.17) is 19.9 Å². The molecule has 2 rings (SSSR count). The summed E-state index contributed by atoms with van der Waals surface area (Å²) >= 11 is 0. The molecule has 3 N–H and O–H groups in total. The summed E-state index contributed by atoms with van der Waals surface area (Å²) < 4.78 is 15.8. The minimum Gasteiger partial charge on any atom is -0.493 e. The van der Waals surface area contributed by atoms with Crippen molar-refractivity contribution in [1.29, 1.82) is 0 Å². The van der Waals surface area contributed by atoms with Crippen molar-refractivity contribution in [1.82, 2.24) is 15.2 Å². The van der Waals surface area contributed by atoms with E-state index in [1.165, 1.54) is 21.3 Å². The normalized spacial score (nSPS) is 10.2. The van der Waals surface area contributed by atoms with Crippen molar-refractivity contribution in [3.05, 3.63) is 33.7 Å². The Labute approximate surface area is 120 Å². The highest BCUT2D eigenvalue weighted by Crippen LogP contribution is 2.38. The Balaban J connectivity index is 2.42. The van der Waals surface area contributed by atoms with Crippen LogP contribution in [-0.4, -0.2) is 36.5 Å². The maximum absolute atomic E-state index is 11.8. The zero-order valence-electron chi connectivity index (χ0n) is 12.0. The first-order chi connectivity index (χ1) is 10.1. The number of nitrogens with two attached hydrogens (primary N) is 1. The number of nitrogens with zero attached hydrogens (tertiary/aromatic N) is 2. The lowest BCUT2D eigenvalue weighted by Crippen LogP contribution is -2.19. The summed E-state index contributed by atoms with van der Waals surface area (Å²) in [5.41, 5.74) is 6.01. The number of aromatic amines is 1. The molecule has 0 unspecified atom stereocenters. The van der Waals surface area contributed by atoms with Crippen molar-refractivity contribution in [2.45, 2.75) is 6.42 Å². The molecule has 1 aromatic carbocycles. The molecule has 0 saturated carbocycles. The molecular weight excluding hydrogens is 276 g/mol. The predicted molar refractivity (Wildman–Crippen MR) is 76.0 cm³/mol. The molecule has 1 aromatic heterocycles. The molecule has 8 nitrogen and oxygen atoms in total. The first-order valence-corrected chi connectivity index (χ1v) is 6.09. The van der Waals surface area contributed by atoms with Crippen LogP contribution in [0.15, 0.2) is 16.9 Å². The summed E-state index contributed by atoms with van der Waals surface area (Å²) in [6.07, 6.45) is 0.263. The molecule has 0 saturated heterocycles. The summed E-state index contributed by atoms with van der Waals surface area (Å²) in [5, 5.41) is 7.44. The maximum atomic E-state index is 11.8. The van der Waals surface area contributed by atoms with Crippen LogP contribution in [0.5, 0.6) is 17.2 Å². The number of H-pyrrole nitrogens is 1. The van der Waals surface area contributed by atoms with Crippen LogP contribution in [0.4, 0.5) is 5.95 Å². The molecule has 0 spiro atoms. The van der Waals surface area contributed by atoms with E-state index >= 15 is 0 Å². The van der Waals surface area contributed by atoms with Crippen molar-refractivity contribution in [3.8, 4) is 17.2 Å². The molecule has 1 heterocycles. The number of hydrogen-bond donors (Lipinski definition) is 2. The summed E-state index contributed by atoms with van der Waals surface area (Å²) in [6, 6.07) is 3.50. The van der Waals surface area contributed by atoms with E-state index in [9.17, 15) is 4.79 Å². The van der Waals surface area contributed by atoms with Gasteiger partial charge in [-0.2, -0.15) is 0 Å². The Morgan fingerprint density at radius 3 is 2.19 bits per heavy atom. The van der Waals surface area contributed by atoms with Crippen molar-refractivity contribution in [3.63, 3.8) is 0 Å². The van der Waals surface area contributed by atoms with Gasteiger partial charge in [-0.15, -0.1) is 10.2 Å². The minimum atomic E-state index is -0.378. The average molecular weight is 292 g/mol. The number of rotatable bonds is 5. The molecule has 0 aliphatic carbocycles. The lowest BCUT2D eigenvalue weighted by atomic mass is 10.1. The summed E-state index contributed by atoms with van der Waals surface area (Å²) in [4.78, 5) is 14.2. The van der Waals surface area contributed by atoms with Gasteiger partial charge in [0.1, 0.15) is 5.69 Å². The van der Waals surface area contributed by atoms with E-state index in [-0.39, 0.29) is 23.6 Å². The maximum Gasteiger partial charge on any atom is 0.274 e. The van der Waals surface area contributed by atoms with Crippen LogP contribution in [-0.2, 0) is 6.42 Å². The molecule has 0 aliphatic heterocycles. The first kappa shape index (κ1) is 14.6. The van der Waals surface area contributed by atoms with Gasteiger partial charge in [-0.25, -0.2) is 0 Å². The molecule has 0 amide bonds. The Bertz CT molecular complexity index is 674. The second-order valence-corrected chi connectivity index (χ2v) is 4.20. The molecule has 0 atom stereocenters. The predicted octanol–water partition coefficient (Wildman–Crippen LogP) is 0.364. The van der Waals surface area contributed by atoms with Crippen LogP contribution < -0.4 is 25.5 Å². The van der Waals surface area contributed by atoms with Crippen molar-refractivity contribution in [2.24, 2.45) is 0 Å². The number of aromatic nitrogens is 3. The van der Waals surface area contributed by atoms with Crippen molar-refractivity contribution >= 4 is 5.95 Å². The SMILES string of the molecule is COc1cc(Cc2nnc(N)[nH]c2=O)cc(OC)c1OC. The number of nitrogen functional groups attached to an aromatic ring is 1. The molecular formula is C13H16N4O4. The molecule has 2 aromatic rings. The molecule has 8 heteroatoms. The fourth-order valence-electron chi connectivity index (χ4n) is 1.92. The van der Waals surface area contributed by atoms with Crippen molar-refractivity contribution in [2.75, 3.05) is 27.1 Å². The van der Waals surface area contributed by atoms with Crippen LogP contribution in [0.25, 0.3) is 0 Å². The highest BCUT2D eigenvalue weighted by molar-refractivity contribution is 5.54. The highest BCUT2D eigenvalue weighted by Gasteiger charge is 2.14. The zero-order valence-corrected chi connectivity index (χ0v) is 12.0. The largest absolute Gasteiger partial charge is 0.493 e. The Hall–Kier alpha value is -2.77. The molecule has 0 bridgehead atoms. The summed E-state index contributed by atoms with van der Waals surface area (Å²) in [5.74, 6) is 1.48. The van der Waals surface area contributed by atoms with Gasteiger partial charge in [-0.1, -0.05) is 0 Å². The Kier molecular flexibility index (Phi) is 4.27. The Morgan fingerprint density at radius 2 is 1.71 bits per heavy atom. The number of nitrogens with one attached hydrogen (secondary N) is 1. The fraction of sp³-hybridized carbons (Fsp3) is 0.308. The third kappa shape index (κ3) is 3.04. The highest BCUT2D eigenvalue weighted by atomic mass is 16.5. The quantitative estimate of drug-likeness (QED) is 0.818. The van der Waals surface area contributed by atoms with Crippen LogP contribution >= 0.6 is 0 Å². The smallest absolute Gasteiger partial charge is 0.274 e. The third-order valence-electron chi connectivity index (χ3n) is 2.88. The van der Waals surface area contributed by atoms with Gasteiger partial charge in [-0.05, 0) is 17.7 Å². The summed E-state index contributed by atoms with van der Waals surface area (Å²) in [6.45, 7) is 0. The number of hydrogen-bond acceptors (Lipinski definition) is 7. The van der Waals surface area contributed by atoms with Gasteiger partial charge in [0.25, 0.3) is 5.56 Å². The minimum absolute atomic E-state index is 0.0198. The Morgan fingerprint density at radius 1 is 1.10 bits per heavy atom. The van der Waals surface area contributed by atoms with E-state index in [0.717, 1.165) is 5.56 Å². The van der Waals surface area contributed by atoms with E-state index < -0.39 is 0 Å². The van der Waals surface area contributed by atoms with Gasteiger partial charge in [0.2, 0.25) is 11.7 Å². The molecule has 112 valence electrons. The number of anilines is 1. The monoisotopic (exact) mass is 292 g/mol. The third-order valence-corrected chi connectivity index (χ3v) is 2.88. The average Bonchev–Trinajstić information content (AvgIpc) is 2.49. The first-order valence-electron chi connectivity index (χ1n) is 6.09.